The Bertz CT molecular complexity index is 1070. The number of carbonyl (C=O) groups excluding carboxylic acids is 2. The molecule has 29 heavy (non-hydrogen) atoms. The molecule has 2 aromatic carbocycles. The van der Waals surface area contributed by atoms with Crippen LogP contribution in [0.15, 0.2) is 53.9 Å². The van der Waals surface area contributed by atoms with Crippen molar-refractivity contribution in [1.29, 1.82) is 0 Å². The van der Waals surface area contributed by atoms with Crippen molar-refractivity contribution in [3.05, 3.63) is 70.2 Å². The van der Waals surface area contributed by atoms with Crippen molar-refractivity contribution in [2.24, 2.45) is 0 Å². The van der Waals surface area contributed by atoms with Gasteiger partial charge < -0.3 is 10.1 Å². The molecule has 0 saturated carbocycles. The summed E-state index contributed by atoms with van der Waals surface area (Å²) in [6.07, 6.45) is 0. The van der Waals surface area contributed by atoms with Crippen LogP contribution in [0.25, 0.3) is 10.6 Å². The molecule has 1 aromatic heterocycles. The van der Waals surface area contributed by atoms with Crippen LogP contribution >= 0.6 is 22.9 Å². The van der Waals surface area contributed by atoms with Gasteiger partial charge in [-0.2, -0.15) is 0 Å². The van der Waals surface area contributed by atoms with Crippen molar-refractivity contribution >= 4 is 34.9 Å². The number of nitrogens with zero attached hydrogens (tertiary/aromatic N) is 2. The van der Waals surface area contributed by atoms with E-state index >= 15 is 0 Å². The van der Waals surface area contributed by atoms with Crippen molar-refractivity contribution in [1.82, 2.24) is 15.2 Å². The van der Waals surface area contributed by atoms with E-state index in [1.165, 1.54) is 16.2 Å². The molecule has 3 amide bonds. The summed E-state index contributed by atoms with van der Waals surface area (Å²) in [4.78, 5) is 31.4. The molecule has 6 nitrogen and oxygen atoms in total. The Morgan fingerprint density at radius 3 is 2.48 bits per heavy atom. The SMILES string of the molecule is COc1ccc(-c2nc(CN3C(=O)NC(C)(c4ccc(Cl)cc4)C3=O)cs2)cc1. The molecule has 1 unspecified atom stereocenters. The van der Waals surface area contributed by atoms with Crippen molar-refractivity contribution in [3.63, 3.8) is 0 Å². The number of halogens is 1. The fraction of sp³-hybridized carbons (Fsp3) is 0.190. The molecule has 1 N–H and O–H groups in total. The molecule has 2 heterocycles. The predicted molar refractivity (Wildman–Crippen MR) is 112 cm³/mol. The van der Waals surface area contributed by atoms with E-state index in [2.05, 4.69) is 10.3 Å². The molecular weight excluding hydrogens is 410 g/mol. The predicted octanol–water partition coefficient (Wildman–Crippen LogP) is 4.44. The molecule has 4 rings (SSSR count). The zero-order chi connectivity index (χ0) is 20.6. The summed E-state index contributed by atoms with van der Waals surface area (Å²) in [5, 5.41) is 6.04. The zero-order valence-electron chi connectivity index (χ0n) is 15.8. The molecule has 3 aromatic rings. The van der Waals surface area contributed by atoms with E-state index in [1.54, 1.807) is 38.3 Å². The second kappa shape index (κ2) is 7.50. The van der Waals surface area contributed by atoms with Gasteiger partial charge in [0.15, 0.2) is 0 Å². The molecule has 148 valence electrons. The van der Waals surface area contributed by atoms with Gasteiger partial charge in [-0.15, -0.1) is 11.3 Å². The first-order valence-electron chi connectivity index (χ1n) is 8.90. The van der Waals surface area contributed by atoms with Gasteiger partial charge in [-0.25, -0.2) is 9.78 Å². The van der Waals surface area contributed by atoms with Gasteiger partial charge in [-0.05, 0) is 48.9 Å². The maximum Gasteiger partial charge on any atom is 0.325 e. The van der Waals surface area contributed by atoms with E-state index in [0.29, 0.717) is 16.3 Å². The Morgan fingerprint density at radius 1 is 1.14 bits per heavy atom. The summed E-state index contributed by atoms with van der Waals surface area (Å²) in [7, 11) is 1.62. The Labute approximate surface area is 177 Å². The van der Waals surface area contributed by atoms with Gasteiger partial charge in [0.05, 0.1) is 19.3 Å². The lowest BCUT2D eigenvalue weighted by molar-refractivity contribution is -0.131. The van der Waals surface area contributed by atoms with Crippen molar-refractivity contribution in [3.8, 4) is 16.3 Å². The standard InChI is InChI=1S/C21H18ClN3O3S/c1-21(14-5-7-15(22)8-6-14)19(26)25(20(27)24-21)11-16-12-29-18(23-16)13-3-9-17(28-2)10-4-13/h3-10,12H,11H2,1-2H3,(H,24,27). The van der Waals surface area contributed by atoms with Gasteiger partial charge in [0, 0.05) is 16.0 Å². The first-order chi connectivity index (χ1) is 13.9. The van der Waals surface area contributed by atoms with Crippen LogP contribution in [0.4, 0.5) is 4.79 Å². The molecule has 0 radical (unpaired) electrons. The minimum atomic E-state index is -1.13. The zero-order valence-corrected chi connectivity index (χ0v) is 17.4. The molecule has 1 atom stereocenters. The smallest absolute Gasteiger partial charge is 0.325 e. The summed E-state index contributed by atoms with van der Waals surface area (Å²) in [5.41, 5.74) is 1.16. The quantitative estimate of drug-likeness (QED) is 0.611. The number of hydrogen-bond acceptors (Lipinski definition) is 5. The number of nitrogens with one attached hydrogen (secondary N) is 1. The summed E-state index contributed by atoms with van der Waals surface area (Å²) < 4.78 is 5.17. The first-order valence-corrected chi connectivity index (χ1v) is 10.2. The molecular formula is C21H18ClN3O3S. The van der Waals surface area contributed by atoms with Crippen LogP contribution in [-0.4, -0.2) is 28.9 Å². The second-order valence-electron chi connectivity index (χ2n) is 6.83. The average molecular weight is 428 g/mol. The first kappa shape index (κ1) is 19.4. The van der Waals surface area contributed by atoms with Crippen molar-refractivity contribution < 1.29 is 14.3 Å². The minimum Gasteiger partial charge on any atom is -0.497 e. The number of urea groups is 1. The van der Waals surface area contributed by atoms with Crippen LogP contribution in [0.1, 0.15) is 18.2 Å². The van der Waals surface area contributed by atoms with Crippen molar-refractivity contribution in [2.45, 2.75) is 19.0 Å². The van der Waals surface area contributed by atoms with Crippen LogP contribution in [0, 0.1) is 0 Å². The van der Waals surface area contributed by atoms with Gasteiger partial charge in [-0.3, -0.25) is 9.69 Å². The van der Waals surface area contributed by atoms with Crippen molar-refractivity contribution in [2.75, 3.05) is 7.11 Å². The maximum atomic E-state index is 13.0. The van der Waals surface area contributed by atoms with E-state index in [4.69, 9.17) is 16.3 Å². The molecule has 1 saturated heterocycles. The monoisotopic (exact) mass is 427 g/mol. The average Bonchev–Trinajstić information content (AvgIpc) is 3.28. The number of carbonyl (C=O) groups is 2. The highest BCUT2D eigenvalue weighted by Gasteiger charge is 2.49. The van der Waals surface area contributed by atoms with Crippen LogP contribution in [-0.2, 0) is 16.9 Å². The lowest BCUT2D eigenvalue weighted by atomic mass is 9.92. The molecule has 1 aliphatic rings. The Kier molecular flexibility index (Phi) is 5.02. The third-order valence-electron chi connectivity index (χ3n) is 4.91. The van der Waals surface area contributed by atoms with E-state index in [-0.39, 0.29) is 12.5 Å². The van der Waals surface area contributed by atoms with Gasteiger partial charge in [0.1, 0.15) is 16.3 Å². The largest absolute Gasteiger partial charge is 0.497 e. The van der Waals surface area contributed by atoms with Crippen LogP contribution in [0.2, 0.25) is 5.02 Å². The number of benzene rings is 2. The molecule has 0 aliphatic carbocycles. The highest BCUT2D eigenvalue weighted by atomic mass is 35.5. The number of hydrogen-bond donors (Lipinski definition) is 1. The van der Waals surface area contributed by atoms with Crippen LogP contribution in [0.3, 0.4) is 0 Å². The fourth-order valence-corrected chi connectivity index (χ4v) is 4.17. The summed E-state index contributed by atoms with van der Waals surface area (Å²) in [6.45, 7) is 1.81. The highest BCUT2D eigenvalue weighted by Crippen LogP contribution is 2.31. The number of rotatable bonds is 5. The van der Waals surface area contributed by atoms with Crippen LogP contribution in [0.5, 0.6) is 5.75 Å². The summed E-state index contributed by atoms with van der Waals surface area (Å²) in [5.74, 6) is 0.454. The van der Waals surface area contributed by atoms with Crippen LogP contribution < -0.4 is 10.1 Å². The Balaban J connectivity index is 1.54. The maximum absolute atomic E-state index is 13.0. The topological polar surface area (TPSA) is 71.5 Å². The Morgan fingerprint density at radius 2 is 1.83 bits per heavy atom. The lowest BCUT2D eigenvalue weighted by Crippen LogP contribution is -2.40. The third-order valence-corrected chi connectivity index (χ3v) is 6.10. The number of aromatic nitrogens is 1. The Hall–Kier alpha value is -2.90. The number of ether oxygens (including phenoxy) is 1. The fourth-order valence-electron chi connectivity index (χ4n) is 3.23. The number of imide groups is 1. The summed E-state index contributed by atoms with van der Waals surface area (Å²) in [6, 6.07) is 14.0. The second-order valence-corrected chi connectivity index (χ2v) is 8.12. The lowest BCUT2D eigenvalue weighted by Gasteiger charge is -2.22. The number of amides is 3. The van der Waals surface area contributed by atoms with E-state index < -0.39 is 11.6 Å². The molecule has 8 heteroatoms. The molecule has 0 spiro atoms. The number of methoxy groups -OCH3 is 1. The van der Waals surface area contributed by atoms with Gasteiger partial charge in [0.2, 0.25) is 0 Å². The highest BCUT2D eigenvalue weighted by molar-refractivity contribution is 7.13. The van der Waals surface area contributed by atoms with E-state index in [9.17, 15) is 9.59 Å². The van der Waals surface area contributed by atoms with Gasteiger partial charge >= 0.3 is 6.03 Å². The van der Waals surface area contributed by atoms with E-state index in [0.717, 1.165) is 16.3 Å². The third kappa shape index (κ3) is 3.59. The molecule has 1 aliphatic heterocycles. The normalized spacial score (nSPS) is 18.8. The summed E-state index contributed by atoms with van der Waals surface area (Å²) >= 11 is 7.40. The number of thiazole rings is 1. The van der Waals surface area contributed by atoms with Gasteiger partial charge in [-0.1, -0.05) is 23.7 Å². The van der Waals surface area contributed by atoms with Gasteiger partial charge in [0.25, 0.3) is 5.91 Å². The minimum absolute atomic E-state index is 0.112. The van der Waals surface area contributed by atoms with E-state index in [1.807, 2.05) is 29.6 Å². The molecule has 0 bridgehead atoms. The molecule has 1 fully saturated rings.